The molecule has 2 aromatic heterocycles. The second-order valence-electron chi connectivity index (χ2n) is 3.98. The summed E-state index contributed by atoms with van der Waals surface area (Å²) >= 11 is 0. The molecule has 0 aliphatic rings. The lowest BCUT2D eigenvalue weighted by Gasteiger charge is -2.05. The summed E-state index contributed by atoms with van der Waals surface area (Å²) in [6.07, 6.45) is 9.66. The molecule has 2 heterocycles. The van der Waals surface area contributed by atoms with Gasteiger partial charge in [-0.25, -0.2) is 0 Å². The van der Waals surface area contributed by atoms with Crippen LogP contribution >= 0.6 is 0 Å². The monoisotopic (exact) mass is 230 g/mol. The van der Waals surface area contributed by atoms with E-state index in [0.29, 0.717) is 0 Å². The number of hydrogen-bond acceptors (Lipinski definition) is 3. The molecular formula is C13H18N4. The Kier molecular flexibility index (Phi) is 4.72. The van der Waals surface area contributed by atoms with Gasteiger partial charge in [0.2, 0.25) is 0 Å². The van der Waals surface area contributed by atoms with Gasteiger partial charge in [0.25, 0.3) is 0 Å². The van der Waals surface area contributed by atoms with E-state index in [0.717, 1.165) is 32.5 Å². The SMILES string of the molecule is c1cnn(CCCNCCc2ccncc2)c1. The fourth-order valence-corrected chi connectivity index (χ4v) is 1.71. The van der Waals surface area contributed by atoms with Gasteiger partial charge in [-0.2, -0.15) is 5.10 Å². The molecule has 0 aromatic carbocycles. The first kappa shape index (κ1) is 11.8. The van der Waals surface area contributed by atoms with Crippen LogP contribution < -0.4 is 5.32 Å². The molecule has 0 spiro atoms. The van der Waals surface area contributed by atoms with E-state index in [1.165, 1.54) is 5.56 Å². The lowest BCUT2D eigenvalue weighted by atomic mass is 10.2. The molecule has 2 aromatic rings. The van der Waals surface area contributed by atoms with Gasteiger partial charge in [-0.1, -0.05) is 0 Å². The highest BCUT2D eigenvalue weighted by atomic mass is 15.3. The van der Waals surface area contributed by atoms with Crippen molar-refractivity contribution in [3.63, 3.8) is 0 Å². The summed E-state index contributed by atoms with van der Waals surface area (Å²) < 4.78 is 1.96. The van der Waals surface area contributed by atoms with Gasteiger partial charge >= 0.3 is 0 Å². The normalized spacial score (nSPS) is 10.6. The van der Waals surface area contributed by atoms with Crippen molar-refractivity contribution in [2.75, 3.05) is 13.1 Å². The van der Waals surface area contributed by atoms with E-state index in [-0.39, 0.29) is 0 Å². The molecule has 90 valence electrons. The Hall–Kier alpha value is -1.68. The molecule has 2 rings (SSSR count). The molecule has 0 saturated heterocycles. The van der Waals surface area contributed by atoms with Crippen molar-refractivity contribution in [1.29, 1.82) is 0 Å². The van der Waals surface area contributed by atoms with Gasteiger partial charge in [-0.3, -0.25) is 9.67 Å². The predicted molar refractivity (Wildman–Crippen MR) is 67.7 cm³/mol. The average Bonchev–Trinajstić information content (AvgIpc) is 2.88. The summed E-state index contributed by atoms with van der Waals surface area (Å²) in [7, 11) is 0. The molecule has 1 N–H and O–H groups in total. The molecule has 0 bridgehead atoms. The molecule has 4 heteroatoms. The summed E-state index contributed by atoms with van der Waals surface area (Å²) in [6.45, 7) is 3.03. The molecule has 0 saturated carbocycles. The van der Waals surface area contributed by atoms with E-state index in [1.54, 1.807) is 0 Å². The minimum Gasteiger partial charge on any atom is -0.316 e. The topological polar surface area (TPSA) is 42.7 Å². The molecular weight excluding hydrogens is 212 g/mol. The van der Waals surface area contributed by atoms with Crippen molar-refractivity contribution in [1.82, 2.24) is 20.1 Å². The summed E-state index contributed by atoms with van der Waals surface area (Å²) in [6, 6.07) is 6.08. The van der Waals surface area contributed by atoms with Crippen LogP contribution in [-0.2, 0) is 13.0 Å². The highest BCUT2D eigenvalue weighted by molar-refractivity contribution is 5.09. The summed E-state index contributed by atoms with van der Waals surface area (Å²) in [5, 5.41) is 7.60. The third-order valence-electron chi connectivity index (χ3n) is 2.64. The maximum Gasteiger partial charge on any atom is 0.0489 e. The Morgan fingerprint density at radius 1 is 1.12 bits per heavy atom. The summed E-state index contributed by atoms with van der Waals surface area (Å²) in [5.41, 5.74) is 1.33. The molecule has 0 amide bonds. The van der Waals surface area contributed by atoms with Crippen molar-refractivity contribution >= 4 is 0 Å². The molecule has 0 unspecified atom stereocenters. The van der Waals surface area contributed by atoms with Crippen LogP contribution in [0.15, 0.2) is 43.0 Å². The second kappa shape index (κ2) is 6.81. The van der Waals surface area contributed by atoms with Gasteiger partial charge in [0, 0.05) is 31.3 Å². The number of rotatable bonds is 7. The Labute approximate surface area is 102 Å². The largest absolute Gasteiger partial charge is 0.316 e. The quantitative estimate of drug-likeness (QED) is 0.733. The van der Waals surface area contributed by atoms with Crippen molar-refractivity contribution in [2.45, 2.75) is 19.4 Å². The fourth-order valence-electron chi connectivity index (χ4n) is 1.71. The Morgan fingerprint density at radius 2 is 2.00 bits per heavy atom. The molecule has 0 radical (unpaired) electrons. The van der Waals surface area contributed by atoms with Gasteiger partial charge < -0.3 is 5.32 Å². The van der Waals surface area contributed by atoms with Gasteiger partial charge in [-0.15, -0.1) is 0 Å². The van der Waals surface area contributed by atoms with Crippen LogP contribution in [0.4, 0.5) is 0 Å². The van der Waals surface area contributed by atoms with E-state index in [2.05, 4.69) is 27.5 Å². The van der Waals surface area contributed by atoms with E-state index in [1.807, 2.05) is 35.5 Å². The van der Waals surface area contributed by atoms with Gasteiger partial charge in [-0.05, 0) is 49.7 Å². The summed E-state index contributed by atoms with van der Waals surface area (Å²) in [4.78, 5) is 4.00. The molecule has 0 fully saturated rings. The van der Waals surface area contributed by atoms with Crippen molar-refractivity contribution in [3.8, 4) is 0 Å². The fraction of sp³-hybridized carbons (Fsp3) is 0.385. The lowest BCUT2D eigenvalue weighted by Crippen LogP contribution is -2.19. The van der Waals surface area contributed by atoms with Crippen LogP contribution in [0.1, 0.15) is 12.0 Å². The number of hydrogen-bond donors (Lipinski definition) is 1. The van der Waals surface area contributed by atoms with E-state index in [4.69, 9.17) is 0 Å². The molecule has 0 atom stereocenters. The third kappa shape index (κ3) is 4.36. The van der Waals surface area contributed by atoms with Crippen molar-refractivity contribution in [3.05, 3.63) is 48.5 Å². The highest BCUT2D eigenvalue weighted by Gasteiger charge is 1.93. The maximum atomic E-state index is 4.16. The van der Waals surface area contributed by atoms with E-state index < -0.39 is 0 Å². The first-order valence-electron chi connectivity index (χ1n) is 6.02. The van der Waals surface area contributed by atoms with Crippen LogP contribution in [0.5, 0.6) is 0 Å². The Morgan fingerprint density at radius 3 is 2.76 bits per heavy atom. The molecule has 4 nitrogen and oxygen atoms in total. The van der Waals surface area contributed by atoms with Crippen molar-refractivity contribution < 1.29 is 0 Å². The Balaban J connectivity index is 1.52. The number of aryl methyl sites for hydroxylation is 1. The predicted octanol–water partition coefficient (Wildman–Crippen LogP) is 1.50. The second-order valence-corrected chi connectivity index (χ2v) is 3.98. The zero-order chi connectivity index (χ0) is 11.8. The van der Waals surface area contributed by atoms with Crippen LogP contribution in [0, 0.1) is 0 Å². The molecule has 0 aliphatic heterocycles. The van der Waals surface area contributed by atoms with Gasteiger partial charge in [0.1, 0.15) is 0 Å². The van der Waals surface area contributed by atoms with Gasteiger partial charge in [0.15, 0.2) is 0 Å². The lowest BCUT2D eigenvalue weighted by molar-refractivity contribution is 0.544. The molecule has 17 heavy (non-hydrogen) atoms. The third-order valence-corrected chi connectivity index (χ3v) is 2.64. The first-order valence-corrected chi connectivity index (χ1v) is 6.02. The van der Waals surface area contributed by atoms with Crippen LogP contribution in [0.25, 0.3) is 0 Å². The first-order chi connectivity index (χ1) is 8.45. The van der Waals surface area contributed by atoms with Crippen LogP contribution in [-0.4, -0.2) is 27.9 Å². The number of nitrogens with zero attached hydrogens (tertiary/aromatic N) is 3. The number of pyridine rings is 1. The molecule has 0 aliphatic carbocycles. The van der Waals surface area contributed by atoms with Crippen LogP contribution in [0.2, 0.25) is 0 Å². The number of aromatic nitrogens is 3. The van der Waals surface area contributed by atoms with Gasteiger partial charge in [0.05, 0.1) is 0 Å². The summed E-state index contributed by atoms with van der Waals surface area (Å²) in [5.74, 6) is 0. The minimum atomic E-state index is 0.981. The van der Waals surface area contributed by atoms with E-state index >= 15 is 0 Å². The highest BCUT2D eigenvalue weighted by Crippen LogP contribution is 1.96. The minimum absolute atomic E-state index is 0.981. The number of nitrogens with one attached hydrogen (secondary N) is 1. The Bertz CT molecular complexity index is 397. The van der Waals surface area contributed by atoms with E-state index in [9.17, 15) is 0 Å². The smallest absolute Gasteiger partial charge is 0.0489 e. The average molecular weight is 230 g/mol. The van der Waals surface area contributed by atoms with Crippen molar-refractivity contribution in [2.24, 2.45) is 0 Å². The maximum absolute atomic E-state index is 4.16. The zero-order valence-corrected chi connectivity index (χ0v) is 9.92. The zero-order valence-electron chi connectivity index (χ0n) is 9.92. The standard InChI is InChI=1S/C13H18N4/c1(11-17-12-2-7-16-17)6-14-8-3-13-4-9-15-10-5-13/h2,4-5,7,9-10,12,14H,1,3,6,8,11H2. The van der Waals surface area contributed by atoms with Crippen LogP contribution in [0.3, 0.4) is 0 Å².